The normalized spacial score (nSPS) is 13.3. The Bertz CT molecular complexity index is 1390. The zero-order valence-electron chi connectivity index (χ0n) is 21.4. The second kappa shape index (κ2) is 10.7. The molecule has 190 valence electrons. The molecule has 0 atom stereocenters. The quantitative estimate of drug-likeness (QED) is 0.363. The summed E-state index contributed by atoms with van der Waals surface area (Å²) < 4.78 is 6.88. The lowest BCUT2D eigenvalue weighted by atomic mass is 10.1. The summed E-state index contributed by atoms with van der Waals surface area (Å²) in [6, 6.07) is 18.9. The lowest BCUT2D eigenvalue weighted by Gasteiger charge is -2.28. The largest absolute Gasteiger partial charge is 0.497 e. The van der Waals surface area contributed by atoms with Crippen LogP contribution in [-0.4, -0.2) is 45.9 Å². The van der Waals surface area contributed by atoms with Crippen molar-refractivity contribution in [2.75, 3.05) is 35.7 Å². The van der Waals surface area contributed by atoms with Gasteiger partial charge in [0.15, 0.2) is 0 Å². The van der Waals surface area contributed by atoms with Crippen LogP contribution in [0.5, 0.6) is 5.75 Å². The van der Waals surface area contributed by atoms with Crippen LogP contribution in [0.2, 0.25) is 0 Å². The summed E-state index contributed by atoms with van der Waals surface area (Å²) in [5, 5.41) is 10.7. The van der Waals surface area contributed by atoms with Crippen molar-refractivity contribution in [2.45, 2.75) is 26.2 Å². The zero-order valence-corrected chi connectivity index (χ0v) is 21.4. The number of benzene rings is 2. The third-order valence-electron chi connectivity index (χ3n) is 6.40. The molecule has 0 unspecified atom stereocenters. The van der Waals surface area contributed by atoms with Gasteiger partial charge in [-0.25, -0.2) is 4.98 Å². The van der Waals surface area contributed by atoms with Gasteiger partial charge in [0.2, 0.25) is 5.95 Å². The molecule has 0 radical (unpaired) electrons. The number of hydrogen-bond donors (Lipinski definition) is 2. The molecule has 0 spiro atoms. The fraction of sp³-hybridized carbons (Fsp3) is 0.286. The van der Waals surface area contributed by atoms with Crippen LogP contribution in [0.25, 0.3) is 11.3 Å². The van der Waals surface area contributed by atoms with Gasteiger partial charge in [-0.1, -0.05) is 12.1 Å². The van der Waals surface area contributed by atoms with E-state index in [-0.39, 0.29) is 5.91 Å². The standard InChI is InChI=1S/C28H31N7O2/c1-19-16-26(35-14-5-4-6-15-35)32-28(29-19)31-22-12-10-21(11-13-22)30-27(36)25-18-24(33-34(25)2)20-8-7-9-23(17-20)37-3/h7-13,16-18H,4-6,14-15H2,1-3H3,(H,30,36)(H,29,31,32). The third-order valence-corrected chi connectivity index (χ3v) is 6.40. The lowest BCUT2D eigenvalue weighted by molar-refractivity contribution is 0.101. The first-order valence-corrected chi connectivity index (χ1v) is 12.5. The Kier molecular flexibility index (Phi) is 7.02. The van der Waals surface area contributed by atoms with Gasteiger partial charge >= 0.3 is 0 Å². The van der Waals surface area contributed by atoms with Crippen LogP contribution in [0.3, 0.4) is 0 Å². The molecule has 0 bridgehead atoms. The van der Waals surface area contributed by atoms with Gasteiger partial charge in [0.25, 0.3) is 5.91 Å². The van der Waals surface area contributed by atoms with E-state index < -0.39 is 0 Å². The number of aromatic nitrogens is 4. The van der Waals surface area contributed by atoms with E-state index in [1.807, 2.05) is 61.5 Å². The summed E-state index contributed by atoms with van der Waals surface area (Å²) in [5.74, 6) is 2.03. The van der Waals surface area contributed by atoms with Gasteiger partial charge in [0.1, 0.15) is 17.3 Å². The Morgan fingerprint density at radius 2 is 1.70 bits per heavy atom. The molecule has 37 heavy (non-hydrogen) atoms. The van der Waals surface area contributed by atoms with Crippen molar-refractivity contribution >= 4 is 29.0 Å². The average Bonchev–Trinajstić information content (AvgIpc) is 3.32. The summed E-state index contributed by atoms with van der Waals surface area (Å²) in [4.78, 5) is 24.6. The summed E-state index contributed by atoms with van der Waals surface area (Å²) in [6.45, 7) is 4.04. The number of rotatable bonds is 7. The number of nitrogens with zero attached hydrogens (tertiary/aromatic N) is 5. The highest BCUT2D eigenvalue weighted by Gasteiger charge is 2.16. The van der Waals surface area contributed by atoms with Crippen LogP contribution in [0.4, 0.5) is 23.1 Å². The highest BCUT2D eigenvalue weighted by atomic mass is 16.5. The lowest BCUT2D eigenvalue weighted by Crippen LogP contribution is -2.30. The summed E-state index contributed by atoms with van der Waals surface area (Å²) in [5.41, 5.74) is 4.48. The molecule has 2 N–H and O–H groups in total. The minimum absolute atomic E-state index is 0.238. The summed E-state index contributed by atoms with van der Waals surface area (Å²) >= 11 is 0. The van der Waals surface area contributed by atoms with Gasteiger partial charge in [-0.15, -0.1) is 0 Å². The van der Waals surface area contributed by atoms with Crippen LogP contribution < -0.4 is 20.3 Å². The number of methoxy groups -OCH3 is 1. The number of hydrogen-bond acceptors (Lipinski definition) is 7. The Morgan fingerprint density at radius 3 is 2.46 bits per heavy atom. The minimum Gasteiger partial charge on any atom is -0.497 e. The molecule has 2 aromatic heterocycles. The molecule has 9 nitrogen and oxygen atoms in total. The van der Waals surface area contributed by atoms with Crippen LogP contribution in [-0.2, 0) is 7.05 Å². The van der Waals surface area contributed by atoms with E-state index in [1.54, 1.807) is 24.9 Å². The number of piperidine rings is 1. The van der Waals surface area contributed by atoms with Gasteiger partial charge in [-0.05, 0) is 68.7 Å². The van der Waals surface area contributed by atoms with Gasteiger partial charge in [0.05, 0.1) is 12.8 Å². The van der Waals surface area contributed by atoms with Crippen LogP contribution in [0.15, 0.2) is 60.7 Å². The molecule has 2 aromatic carbocycles. The predicted octanol–water partition coefficient (Wildman–Crippen LogP) is 5.18. The number of nitrogens with one attached hydrogen (secondary N) is 2. The molecule has 0 saturated carbocycles. The number of anilines is 4. The number of carbonyl (C=O) groups is 1. The van der Waals surface area contributed by atoms with Crippen molar-refractivity contribution in [1.29, 1.82) is 0 Å². The van der Waals surface area contributed by atoms with Crippen LogP contribution in [0.1, 0.15) is 35.4 Å². The molecule has 5 rings (SSSR count). The van der Waals surface area contributed by atoms with E-state index in [9.17, 15) is 4.79 Å². The van der Waals surface area contributed by atoms with Crippen molar-refractivity contribution in [1.82, 2.24) is 19.7 Å². The van der Waals surface area contributed by atoms with E-state index in [2.05, 4.69) is 25.6 Å². The van der Waals surface area contributed by atoms with E-state index in [0.717, 1.165) is 41.6 Å². The van der Waals surface area contributed by atoms with Crippen LogP contribution in [0, 0.1) is 6.92 Å². The topological polar surface area (TPSA) is 97.2 Å². The monoisotopic (exact) mass is 497 g/mol. The SMILES string of the molecule is COc1cccc(-c2cc(C(=O)Nc3ccc(Nc4nc(C)cc(N5CCCCC5)n4)cc3)n(C)n2)c1. The molecule has 0 aliphatic carbocycles. The highest BCUT2D eigenvalue weighted by Crippen LogP contribution is 2.25. The molecule has 1 fully saturated rings. The van der Waals surface area contributed by atoms with E-state index in [1.165, 1.54) is 19.3 Å². The number of ether oxygens (including phenoxy) is 1. The zero-order chi connectivity index (χ0) is 25.8. The molecular weight excluding hydrogens is 466 g/mol. The third kappa shape index (κ3) is 5.72. The first-order chi connectivity index (χ1) is 18.0. The second-order valence-corrected chi connectivity index (χ2v) is 9.17. The predicted molar refractivity (Wildman–Crippen MR) is 146 cm³/mol. The van der Waals surface area contributed by atoms with Crippen molar-refractivity contribution in [3.05, 3.63) is 72.1 Å². The molecule has 4 aromatic rings. The van der Waals surface area contributed by atoms with Gasteiger partial charge < -0.3 is 20.3 Å². The smallest absolute Gasteiger partial charge is 0.273 e. The Balaban J connectivity index is 1.26. The first kappa shape index (κ1) is 24.3. The number of aryl methyl sites for hydroxylation is 2. The average molecular weight is 498 g/mol. The maximum Gasteiger partial charge on any atom is 0.273 e. The van der Waals surface area contributed by atoms with Crippen molar-refractivity contribution in [3.8, 4) is 17.0 Å². The van der Waals surface area contributed by atoms with Crippen molar-refractivity contribution in [3.63, 3.8) is 0 Å². The van der Waals surface area contributed by atoms with Crippen molar-refractivity contribution < 1.29 is 9.53 Å². The van der Waals surface area contributed by atoms with E-state index >= 15 is 0 Å². The Hall–Kier alpha value is -4.40. The second-order valence-electron chi connectivity index (χ2n) is 9.17. The van der Waals surface area contributed by atoms with Crippen molar-refractivity contribution in [2.24, 2.45) is 7.05 Å². The van der Waals surface area contributed by atoms with E-state index in [0.29, 0.717) is 23.0 Å². The molecule has 9 heteroatoms. The van der Waals surface area contributed by atoms with Gasteiger partial charge in [-0.2, -0.15) is 10.1 Å². The summed E-state index contributed by atoms with van der Waals surface area (Å²) in [7, 11) is 3.38. The fourth-order valence-corrected chi connectivity index (χ4v) is 4.46. The molecule has 1 aliphatic heterocycles. The molecule has 1 saturated heterocycles. The first-order valence-electron chi connectivity index (χ1n) is 12.5. The molecular formula is C28H31N7O2. The maximum absolute atomic E-state index is 13.0. The molecule has 3 heterocycles. The fourth-order valence-electron chi connectivity index (χ4n) is 4.46. The van der Waals surface area contributed by atoms with E-state index in [4.69, 9.17) is 9.72 Å². The van der Waals surface area contributed by atoms with Gasteiger partial charge in [-0.3, -0.25) is 9.48 Å². The Labute approximate surface area is 216 Å². The molecule has 1 aliphatic rings. The number of carbonyl (C=O) groups excluding carboxylic acids is 1. The molecule has 1 amide bonds. The summed E-state index contributed by atoms with van der Waals surface area (Å²) in [6.07, 6.45) is 3.67. The Morgan fingerprint density at radius 1 is 0.946 bits per heavy atom. The maximum atomic E-state index is 13.0. The van der Waals surface area contributed by atoms with Crippen LogP contribution >= 0.6 is 0 Å². The highest BCUT2D eigenvalue weighted by molar-refractivity contribution is 6.03. The number of amides is 1. The minimum atomic E-state index is -0.238. The van der Waals surface area contributed by atoms with Gasteiger partial charge in [0, 0.05) is 48.8 Å².